The van der Waals surface area contributed by atoms with Crippen LogP contribution in [-0.2, 0) is 41.8 Å². The van der Waals surface area contributed by atoms with Crippen LogP contribution in [0.15, 0.2) is 102 Å². The number of ether oxygens (including phenoxy) is 3. The predicted molar refractivity (Wildman–Crippen MR) is 188 cm³/mol. The van der Waals surface area contributed by atoms with E-state index >= 15 is 0 Å². The molecule has 0 saturated heterocycles. The van der Waals surface area contributed by atoms with Crippen molar-refractivity contribution < 1.29 is 44.2 Å². The Morgan fingerprint density at radius 2 is 1.14 bits per heavy atom. The van der Waals surface area contributed by atoms with Crippen molar-refractivity contribution in [1.82, 2.24) is 0 Å². The first kappa shape index (κ1) is 36.9. The number of nitrogens with one attached hydrogen (secondary N) is 1. The second-order valence-electron chi connectivity index (χ2n) is 10.3. The summed E-state index contributed by atoms with van der Waals surface area (Å²) in [5.74, 6) is 1.38. The van der Waals surface area contributed by atoms with Crippen molar-refractivity contribution in [3.63, 3.8) is 0 Å². The van der Waals surface area contributed by atoms with E-state index in [0.29, 0.717) is 45.2 Å². The van der Waals surface area contributed by atoms with Crippen LogP contribution < -0.4 is 19.5 Å². The molecule has 1 amide bonds. The van der Waals surface area contributed by atoms with E-state index in [2.05, 4.69) is 5.32 Å². The highest BCUT2D eigenvalue weighted by Gasteiger charge is 2.15. The van der Waals surface area contributed by atoms with Gasteiger partial charge >= 0.3 is 0 Å². The average Bonchev–Trinajstić information content (AvgIpc) is 3.09. The number of amides is 1. The van der Waals surface area contributed by atoms with E-state index < -0.39 is 20.2 Å². The van der Waals surface area contributed by atoms with Crippen molar-refractivity contribution in [3.05, 3.63) is 130 Å². The van der Waals surface area contributed by atoms with Crippen LogP contribution in [0.3, 0.4) is 0 Å². The van der Waals surface area contributed by atoms with Crippen LogP contribution in [0.2, 0.25) is 0 Å². The van der Waals surface area contributed by atoms with Gasteiger partial charge in [-0.15, -0.1) is 0 Å². The lowest BCUT2D eigenvalue weighted by Crippen LogP contribution is -2.16. The van der Waals surface area contributed by atoms with Crippen LogP contribution in [0, 0.1) is 0 Å². The third kappa shape index (κ3) is 11.9. The molecule has 4 rings (SSSR count). The molecule has 258 valence electrons. The molecule has 0 heterocycles. The van der Waals surface area contributed by atoms with Gasteiger partial charge in [0, 0.05) is 16.8 Å². The Labute approximate surface area is 287 Å². The van der Waals surface area contributed by atoms with Crippen molar-refractivity contribution in [3.8, 4) is 17.2 Å². The summed E-state index contributed by atoms with van der Waals surface area (Å²) >= 11 is 0. The fourth-order valence-corrected chi connectivity index (χ4v) is 5.79. The Kier molecular flexibility index (Phi) is 13.1. The largest absolute Gasteiger partial charge is 0.497 e. The van der Waals surface area contributed by atoms with Crippen molar-refractivity contribution >= 4 is 44.0 Å². The van der Waals surface area contributed by atoms with Crippen LogP contribution in [0.4, 0.5) is 5.69 Å². The highest BCUT2D eigenvalue weighted by molar-refractivity contribution is 7.90. The molecule has 13 heteroatoms. The molecule has 0 aliphatic carbocycles. The normalized spacial score (nSPS) is 11.9. The number of carbonyl (C=O) groups excluding carboxylic acids is 1. The quantitative estimate of drug-likeness (QED) is 0.117. The molecule has 4 aromatic rings. The van der Waals surface area contributed by atoms with E-state index in [1.807, 2.05) is 6.07 Å². The Hall–Kier alpha value is -4.95. The topological polar surface area (TPSA) is 144 Å². The summed E-state index contributed by atoms with van der Waals surface area (Å²) in [6, 6.07) is 26.0. The van der Waals surface area contributed by atoms with Gasteiger partial charge in [-0.25, -0.2) is 0 Å². The van der Waals surface area contributed by atoms with Crippen LogP contribution in [-0.4, -0.2) is 43.1 Å². The molecule has 0 aliphatic rings. The number of hydrogen-bond acceptors (Lipinski definition) is 10. The van der Waals surface area contributed by atoms with E-state index in [1.54, 1.807) is 106 Å². The predicted octanol–water partition coefficient (Wildman–Crippen LogP) is 6.78. The molecule has 49 heavy (non-hydrogen) atoms. The Balaban J connectivity index is 1.48. The Morgan fingerprint density at radius 3 is 1.63 bits per heavy atom. The number of benzene rings is 4. The van der Waals surface area contributed by atoms with Gasteiger partial charge in [-0.1, -0.05) is 36.4 Å². The Bertz CT molecular complexity index is 1970. The first-order chi connectivity index (χ1) is 23.5. The molecule has 11 nitrogen and oxygen atoms in total. The molecule has 0 bridgehead atoms. The van der Waals surface area contributed by atoms with E-state index in [9.17, 15) is 21.6 Å². The maximum absolute atomic E-state index is 13.5. The third-order valence-corrected chi connectivity index (χ3v) is 8.81. The third-order valence-electron chi connectivity index (χ3n) is 6.75. The first-order valence-electron chi connectivity index (χ1n) is 15.2. The SMILES string of the molecule is CCOS(=O)(=O)/C=C/c1ccc(OCc2ccc(COc3ccc(/C=C/S(=O)(=O)OCC)cc3)c(C(=O)Nc3ccc(OC)cc3)c2)cc1. The molecule has 0 radical (unpaired) electrons. The van der Waals surface area contributed by atoms with E-state index in [4.69, 9.17) is 22.6 Å². The molecular weight excluding hydrogens is 671 g/mol. The minimum Gasteiger partial charge on any atom is -0.497 e. The molecule has 0 unspecified atom stereocenters. The van der Waals surface area contributed by atoms with E-state index in [-0.39, 0.29) is 32.3 Å². The fraction of sp³-hybridized carbons (Fsp3) is 0.194. The number of carbonyl (C=O) groups is 1. The molecular formula is C36H37NO10S2. The highest BCUT2D eigenvalue weighted by atomic mass is 32.2. The lowest BCUT2D eigenvalue weighted by Gasteiger charge is -2.14. The van der Waals surface area contributed by atoms with Gasteiger partial charge in [0.05, 0.1) is 31.1 Å². The van der Waals surface area contributed by atoms with Crippen LogP contribution in [0.5, 0.6) is 17.2 Å². The molecule has 0 atom stereocenters. The zero-order chi connectivity index (χ0) is 35.3. The zero-order valence-corrected chi connectivity index (χ0v) is 28.8. The average molecular weight is 708 g/mol. The highest BCUT2D eigenvalue weighted by Crippen LogP contribution is 2.22. The lowest BCUT2D eigenvalue weighted by molar-refractivity contribution is 0.102. The molecule has 0 aliphatic heterocycles. The van der Waals surface area contributed by atoms with Crippen LogP contribution >= 0.6 is 0 Å². The van der Waals surface area contributed by atoms with Crippen molar-refractivity contribution in [2.75, 3.05) is 25.6 Å². The smallest absolute Gasteiger partial charge is 0.290 e. The maximum Gasteiger partial charge on any atom is 0.290 e. The Morgan fingerprint density at radius 1 is 0.653 bits per heavy atom. The number of methoxy groups -OCH3 is 1. The summed E-state index contributed by atoms with van der Waals surface area (Å²) in [5, 5.41) is 4.91. The number of anilines is 1. The summed E-state index contributed by atoms with van der Waals surface area (Å²) < 4.78 is 73.6. The monoisotopic (exact) mass is 707 g/mol. The van der Waals surface area contributed by atoms with Gasteiger partial charge in [0.1, 0.15) is 30.5 Å². The van der Waals surface area contributed by atoms with Gasteiger partial charge in [0.2, 0.25) is 0 Å². The van der Waals surface area contributed by atoms with Crippen molar-refractivity contribution in [2.24, 2.45) is 0 Å². The zero-order valence-electron chi connectivity index (χ0n) is 27.2. The molecule has 1 N–H and O–H groups in total. The van der Waals surface area contributed by atoms with E-state index in [1.165, 1.54) is 12.2 Å². The number of hydrogen-bond donors (Lipinski definition) is 1. The molecule has 0 fully saturated rings. The second kappa shape index (κ2) is 17.4. The van der Waals surface area contributed by atoms with E-state index in [0.717, 1.165) is 16.4 Å². The maximum atomic E-state index is 13.5. The van der Waals surface area contributed by atoms with Crippen molar-refractivity contribution in [2.45, 2.75) is 27.1 Å². The fourth-order valence-electron chi connectivity index (χ4n) is 4.33. The van der Waals surface area contributed by atoms with Gasteiger partial charge in [0.15, 0.2) is 0 Å². The molecule has 4 aromatic carbocycles. The summed E-state index contributed by atoms with van der Waals surface area (Å²) in [6.07, 6.45) is 2.87. The minimum absolute atomic E-state index is 0.0483. The number of rotatable bonds is 17. The van der Waals surface area contributed by atoms with Gasteiger partial charge in [-0.3, -0.25) is 13.2 Å². The second-order valence-corrected chi connectivity index (χ2v) is 13.3. The lowest BCUT2D eigenvalue weighted by atomic mass is 10.0. The summed E-state index contributed by atoms with van der Waals surface area (Å²) in [7, 11) is -5.92. The summed E-state index contributed by atoms with van der Waals surface area (Å²) in [4.78, 5) is 13.5. The molecule has 0 aromatic heterocycles. The van der Waals surface area contributed by atoms with Gasteiger partial charge in [-0.2, -0.15) is 16.8 Å². The molecule has 0 spiro atoms. The first-order valence-corrected chi connectivity index (χ1v) is 18.1. The van der Waals surface area contributed by atoms with Crippen molar-refractivity contribution in [1.29, 1.82) is 0 Å². The van der Waals surface area contributed by atoms with Gasteiger partial charge in [-0.05, 0) is 97.3 Å². The van der Waals surface area contributed by atoms with Gasteiger partial charge in [0.25, 0.3) is 26.1 Å². The standard InChI is InChI=1S/C36H37NO10S2/c1-4-46-48(39,40)22-20-27-7-14-33(15-8-27)44-25-29-6-11-30(35(24-29)36(38)37-31-12-18-32(43-3)19-13-31)26-45-34-16-9-28(10-17-34)21-23-49(41,42)47-5-2/h6-24H,4-5,25-26H2,1-3H3,(H,37,38)/b22-20+,23-21+. The van der Waals surface area contributed by atoms with Crippen LogP contribution in [0.1, 0.15) is 46.5 Å². The summed E-state index contributed by atoms with van der Waals surface area (Å²) in [6.45, 7) is 3.53. The molecule has 0 saturated carbocycles. The van der Waals surface area contributed by atoms with Gasteiger partial charge < -0.3 is 19.5 Å². The summed E-state index contributed by atoms with van der Waals surface area (Å²) in [5.41, 5.74) is 3.61. The minimum atomic E-state index is -3.75. The van der Waals surface area contributed by atoms with Crippen LogP contribution in [0.25, 0.3) is 12.2 Å².